The van der Waals surface area contributed by atoms with Crippen LogP contribution in [0.25, 0.3) is 5.76 Å². The molecule has 3 heterocycles. The smallest absolute Gasteiger partial charge is 0.183 e. The molecule has 1 saturated heterocycles. The lowest BCUT2D eigenvalue weighted by Crippen LogP contribution is -2.33. The number of hydrogen-bond acceptors (Lipinski definition) is 7. The van der Waals surface area contributed by atoms with Gasteiger partial charge in [0.1, 0.15) is 23.1 Å². The highest BCUT2D eigenvalue weighted by Crippen LogP contribution is 2.43. The molecule has 4 rings (SSSR count). The molecule has 2 aliphatic heterocycles. The van der Waals surface area contributed by atoms with Gasteiger partial charge in [-0.1, -0.05) is 18.0 Å². The van der Waals surface area contributed by atoms with Gasteiger partial charge in [0.15, 0.2) is 5.13 Å². The van der Waals surface area contributed by atoms with Gasteiger partial charge in [-0.2, -0.15) is 0 Å². The number of benzene rings is 1. The van der Waals surface area contributed by atoms with Gasteiger partial charge in [-0.05, 0) is 58.0 Å². The highest BCUT2D eigenvalue weighted by molar-refractivity contribution is 7.13. The Morgan fingerprint density at radius 2 is 2.13 bits per heavy atom. The standard InChI is InChI=1S/C22H29ClN4O2S/c1-14(2)24-22-26-17(13-30-22)16-12-18(28)15-6-7-19(20(23)21(15)25-16)29-11-10-27-8-4-3-5-9-27/h6-7,12-14,16,25,28H,3-5,8-11H2,1-2H3,(H,24,26). The number of halogens is 1. The first-order chi connectivity index (χ1) is 14.5. The second-order valence-electron chi connectivity index (χ2n) is 8.10. The summed E-state index contributed by atoms with van der Waals surface area (Å²) in [6.07, 6.45) is 5.62. The first-order valence-electron chi connectivity index (χ1n) is 10.6. The zero-order valence-corrected chi connectivity index (χ0v) is 19.0. The van der Waals surface area contributed by atoms with Gasteiger partial charge in [0.2, 0.25) is 0 Å². The van der Waals surface area contributed by atoms with Crippen LogP contribution in [0.3, 0.4) is 0 Å². The Morgan fingerprint density at radius 1 is 1.33 bits per heavy atom. The average Bonchev–Trinajstić information content (AvgIpc) is 3.18. The Labute approximate surface area is 186 Å². The first-order valence-corrected chi connectivity index (χ1v) is 11.8. The number of rotatable bonds is 7. The molecular weight excluding hydrogens is 420 g/mol. The minimum atomic E-state index is -0.252. The van der Waals surface area contributed by atoms with Gasteiger partial charge in [0, 0.05) is 23.5 Å². The number of aromatic nitrogens is 1. The predicted molar refractivity (Wildman–Crippen MR) is 125 cm³/mol. The number of hydrogen-bond donors (Lipinski definition) is 3. The van der Waals surface area contributed by atoms with Crippen LogP contribution in [-0.2, 0) is 0 Å². The van der Waals surface area contributed by atoms with Gasteiger partial charge in [-0.3, -0.25) is 4.90 Å². The summed E-state index contributed by atoms with van der Waals surface area (Å²) in [4.78, 5) is 7.08. The van der Waals surface area contributed by atoms with Crippen LogP contribution in [0.2, 0.25) is 5.02 Å². The molecule has 1 aromatic carbocycles. The molecule has 0 amide bonds. The Balaban J connectivity index is 1.46. The van der Waals surface area contributed by atoms with E-state index in [-0.39, 0.29) is 11.8 Å². The van der Waals surface area contributed by atoms with Crippen molar-refractivity contribution in [3.05, 3.63) is 39.9 Å². The van der Waals surface area contributed by atoms with Gasteiger partial charge in [0.05, 0.1) is 17.4 Å². The molecule has 1 fully saturated rings. The zero-order valence-electron chi connectivity index (χ0n) is 17.4. The van der Waals surface area contributed by atoms with E-state index in [0.29, 0.717) is 34.7 Å². The van der Waals surface area contributed by atoms with Crippen LogP contribution in [0.5, 0.6) is 5.75 Å². The van der Waals surface area contributed by atoms with E-state index in [1.165, 1.54) is 19.3 Å². The number of likely N-dealkylation sites (tertiary alicyclic amines) is 1. The SMILES string of the molecule is CC(C)Nc1nc(C2C=C(O)c3ccc(OCCN4CCCCC4)c(Cl)c3N2)cs1. The molecule has 0 radical (unpaired) electrons. The van der Waals surface area contributed by atoms with Crippen molar-refractivity contribution in [2.45, 2.75) is 45.2 Å². The maximum atomic E-state index is 10.6. The maximum absolute atomic E-state index is 10.6. The van der Waals surface area contributed by atoms with E-state index in [1.54, 1.807) is 17.4 Å². The van der Waals surface area contributed by atoms with Crippen LogP contribution >= 0.6 is 22.9 Å². The molecular formula is C22H29ClN4O2S. The van der Waals surface area contributed by atoms with Crippen molar-refractivity contribution in [3.63, 3.8) is 0 Å². The molecule has 8 heteroatoms. The molecule has 2 aromatic rings. The van der Waals surface area contributed by atoms with Crippen LogP contribution in [-0.4, -0.2) is 47.3 Å². The number of anilines is 2. The van der Waals surface area contributed by atoms with Crippen molar-refractivity contribution in [1.82, 2.24) is 9.88 Å². The molecule has 0 saturated carbocycles. The highest BCUT2D eigenvalue weighted by atomic mass is 35.5. The number of nitrogens with one attached hydrogen (secondary N) is 2. The third kappa shape index (κ3) is 4.85. The Kier molecular flexibility index (Phi) is 6.71. The fraction of sp³-hybridized carbons (Fsp3) is 0.500. The van der Waals surface area contributed by atoms with E-state index in [2.05, 4.69) is 34.4 Å². The summed E-state index contributed by atoms with van der Waals surface area (Å²) in [5, 5.41) is 20.7. The summed E-state index contributed by atoms with van der Waals surface area (Å²) in [5.41, 5.74) is 2.20. The van der Waals surface area contributed by atoms with E-state index < -0.39 is 0 Å². The molecule has 0 bridgehead atoms. The van der Waals surface area contributed by atoms with Crippen molar-refractivity contribution < 1.29 is 9.84 Å². The van der Waals surface area contributed by atoms with Crippen LogP contribution in [0.4, 0.5) is 10.8 Å². The van der Waals surface area contributed by atoms with Crippen LogP contribution < -0.4 is 15.4 Å². The minimum absolute atomic E-state index is 0.196. The summed E-state index contributed by atoms with van der Waals surface area (Å²) >= 11 is 8.22. The third-order valence-electron chi connectivity index (χ3n) is 5.37. The molecule has 2 aliphatic rings. The predicted octanol–water partition coefficient (Wildman–Crippen LogP) is 5.55. The van der Waals surface area contributed by atoms with E-state index in [1.807, 2.05) is 17.5 Å². The molecule has 1 atom stereocenters. The largest absolute Gasteiger partial charge is 0.507 e. The molecule has 6 nitrogen and oxygen atoms in total. The second kappa shape index (κ2) is 9.45. The number of ether oxygens (including phenoxy) is 1. The number of nitrogens with zero attached hydrogens (tertiary/aromatic N) is 2. The monoisotopic (exact) mass is 448 g/mol. The van der Waals surface area contributed by atoms with Crippen LogP contribution in [0.1, 0.15) is 50.4 Å². The van der Waals surface area contributed by atoms with Gasteiger partial charge in [0.25, 0.3) is 0 Å². The number of thiazole rings is 1. The first kappa shape index (κ1) is 21.3. The van der Waals surface area contributed by atoms with E-state index in [4.69, 9.17) is 16.3 Å². The highest BCUT2D eigenvalue weighted by Gasteiger charge is 2.25. The molecule has 1 unspecified atom stereocenters. The summed E-state index contributed by atoms with van der Waals surface area (Å²) in [6.45, 7) is 7.94. The topological polar surface area (TPSA) is 69.7 Å². The summed E-state index contributed by atoms with van der Waals surface area (Å²) in [7, 11) is 0. The Bertz CT molecular complexity index is 909. The van der Waals surface area contributed by atoms with E-state index in [0.717, 1.165) is 30.5 Å². The number of piperidine rings is 1. The van der Waals surface area contributed by atoms with Crippen molar-refractivity contribution >= 4 is 39.5 Å². The second-order valence-corrected chi connectivity index (χ2v) is 9.34. The van der Waals surface area contributed by atoms with E-state index >= 15 is 0 Å². The minimum Gasteiger partial charge on any atom is -0.507 e. The lowest BCUT2D eigenvalue weighted by Gasteiger charge is -2.27. The molecule has 3 N–H and O–H groups in total. The van der Waals surface area contributed by atoms with E-state index in [9.17, 15) is 5.11 Å². The lowest BCUT2D eigenvalue weighted by atomic mass is 10.0. The Morgan fingerprint density at radius 3 is 2.90 bits per heavy atom. The van der Waals surface area contributed by atoms with Crippen molar-refractivity contribution in [2.24, 2.45) is 0 Å². The van der Waals surface area contributed by atoms with Gasteiger partial charge < -0.3 is 20.5 Å². The lowest BCUT2D eigenvalue weighted by molar-refractivity contribution is 0.183. The molecule has 30 heavy (non-hydrogen) atoms. The summed E-state index contributed by atoms with van der Waals surface area (Å²) in [5.74, 6) is 0.829. The number of fused-ring (bicyclic) bond motifs is 1. The van der Waals surface area contributed by atoms with Crippen molar-refractivity contribution in [1.29, 1.82) is 0 Å². The fourth-order valence-electron chi connectivity index (χ4n) is 3.84. The van der Waals surface area contributed by atoms with Crippen molar-refractivity contribution in [2.75, 3.05) is 36.9 Å². The average molecular weight is 449 g/mol. The quantitative estimate of drug-likeness (QED) is 0.516. The number of aliphatic hydroxyl groups is 1. The van der Waals surface area contributed by atoms with Crippen LogP contribution in [0.15, 0.2) is 23.6 Å². The molecule has 0 spiro atoms. The molecule has 162 valence electrons. The number of aliphatic hydroxyl groups excluding tert-OH is 1. The molecule has 1 aromatic heterocycles. The van der Waals surface area contributed by atoms with Gasteiger partial charge in [-0.15, -0.1) is 11.3 Å². The van der Waals surface area contributed by atoms with Crippen molar-refractivity contribution in [3.8, 4) is 5.75 Å². The summed E-state index contributed by atoms with van der Waals surface area (Å²) < 4.78 is 5.99. The Hall–Kier alpha value is -1.96. The maximum Gasteiger partial charge on any atom is 0.183 e. The zero-order chi connectivity index (χ0) is 21.1. The normalized spacial score (nSPS) is 19.2. The van der Waals surface area contributed by atoms with Crippen LogP contribution in [0, 0.1) is 0 Å². The third-order valence-corrected chi connectivity index (χ3v) is 6.54. The fourth-order valence-corrected chi connectivity index (χ4v) is 5.00. The summed E-state index contributed by atoms with van der Waals surface area (Å²) in [6, 6.07) is 3.74. The van der Waals surface area contributed by atoms with Gasteiger partial charge >= 0.3 is 0 Å². The molecule has 0 aliphatic carbocycles. The van der Waals surface area contributed by atoms with Gasteiger partial charge in [-0.25, -0.2) is 4.98 Å².